The summed E-state index contributed by atoms with van der Waals surface area (Å²) in [6, 6.07) is 1.56. The fraction of sp³-hybridized carbons (Fsp3) is 0.417. The van der Waals surface area contributed by atoms with E-state index >= 15 is 0 Å². The number of H-pyrrole nitrogens is 1. The molecule has 0 aliphatic rings. The normalized spacial score (nSPS) is 13.1. The highest BCUT2D eigenvalue weighted by atomic mass is 19.4. The van der Waals surface area contributed by atoms with E-state index < -0.39 is 54.3 Å². The van der Waals surface area contributed by atoms with E-state index in [1.165, 1.54) is 0 Å². The van der Waals surface area contributed by atoms with E-state index in [2.05, 4.69) is 15.4 Å². The molecule has 2 rings (SSSR count). The number of benzene rings is 1. The minimum atomic E-state index is -5.08. The van der Waals surface area contributed by atoms with Gasteiger partial charge >= 0.3 is 18.5 Å². The summed E-state index contributed by atoms with van der Waals surface area (Å²) in [6.45, 7) is -4.16. The summed E-state index contributed by atoms with van der Waals surface area (Å²) in [5, 5.41) is 11.6. The van der Waals surface area contributed by atoms with E-state index in [1.54, 1.807) is 0 Å². The Bertz CT molecular complexity index is 717. The molecule has 144 valence electrons. The summed E-state index contributed by atoms with van der Waals surface area (Å²) in [6.07, 6.45) is -15.2. The summed E-state index contributed by atoms with van der Waals surface area (Å²) in [7, 11) is 0. The van der Waals surface area contributed by atoms with Crippen LogP contribution in [0.25, 0.3) is 11.4 Å². The average molecular weight is 393 g/mol. The number of nitrogens with one attached hydrogen (secondary N) is 1. The van der Waals surface area contributed by atoms with Crippen molar-refractivity contribution in [1.82, 2.24) is 20.6 Å². The number of nitrogens with zero attached hydrogens (tertiary/aromatic N) is 4. The topological polar surface area (TPSA) is 57.7 Å². The quantitative estimate of drug-likeness (QED) is 0.803. The minimum Gasteiger partial charge on any atom is -0.353 e. The maximum Gasteiger partial charge on any atom is 0.417 e. The zero-order valence-corrected chi connectivity index (χ0v) is 12.3. The monoisotopic (exact) mass is 393 g/mol. The third kappa shape index (κ3) is 5.23. The minimum absolute atomic E-state index is 0.184. The van der Waals surface area contributed by atoms with E-state index in [9.17, 15) is 39.5 Å². The molecular formula is C12H8F9N5. The number of hydrogen-bond donors (Lipinski definition) is 1. The van der Waals surface area contributed by atoms with Gasteiger partial charge in [0.2, 0.25) is 5.82 Å². The Morgan fingerprint density at radius 3 is 1.88 bits per heavy atom. The second kappa shape index (κ2) is 6.64. The van der Waals surface area contributed by atoms with Crippen molar-refractivity contribution in [2.75, 3.05) is 18.0 Å². The summed E-state index contributed by atoms with van der Waals surface area (Å²) in [4.78, 5) is -0.241. The van der Waals surface area contributed by atoms with Crippen molar-refractivity contribution in [2.45, 2.75) is 18.5 Å². The van der Waals surface area contributed by atoms with Crippen LogP contribution in [-0.2, 0) is 6.18 Å². The number of aromatic nitrogens is 4. The molecular weight excluding hydrogens is 385 g/mol. The van der Waals surface area contributed by atoms with E-state index in [-0.39, 0.29) is 11.0 Å². The summed E-state index contributed by atoms with van der Waals surface area (Å²) >= 11 is 0. The Morgan fingerprint density at radius 1 is 0.885 bits per heavy atom. The van der Waals surface area contributed by atoms with E-state index in [1.807, 2.05) is 5.21 Å². The molecule has 0 spiro atoms. The molecule has 1 heterocycles. The largest absolute Gasteiger partial charge is 0.417 e. The van der Waals surface area contributed by atoms with Crippen LogP contribution in [0.4, 0.5) is 45.2 Å². The predicted molar refractivity (Wildman–Crippen MR) is 68.9 cm³/mol. The van der Waals surface area contributed by atoms with Crippen LogP contribution >= 0.6 is 0 Å². The lowest BCUT2D eigenvalue weighted by molar-refractivity contribution is -0.137. The molecule has 0 aliphatic heterocycles. The number of aromatic amines is 1. The fourth-order valence-corrected chi connectivity index (χ4v) is 2.11. The van der Waals surface area contributed by atoms with Crippen molar-refractivity contribution in [3.8, 4) is 11.4 Å². The molecule has 0 radical (unpaired) electrons. The first kappa shape index (κ1) is 19.8. The highest BCUT2D eigenvalue weighted by molar-refractivity contribution is 5.66. The maximum atomic E-state index is 13.2. The van der Waals surface area contributed by atoms with Gasteiger partial charge in [0.25, 0.3) is 0 Å². The molecule has 2 aromatic rings. The van der Waals surface area contributed by atoms with E-state index in [0.29, 0.717) is 12.1 Å². The van der Waals surface area contributed by atoms with Gasteiger partial charge in [0.1, 0.15) is 13.1 Å². The SMILES string of the molecule is FC(F)(F)CN(CC(F)(F)F)c1ccc(-c2nn[nH]n2)c(C(F)(F)F)c1. The molecule has 14 heteroatoms. The number of halogens is 9. The van der Waals surface area contributed by atoms with Gasteiger partial charge in [-0.2, -0.15) is 44.7 Å². The van der Waals surface area contributed by atoms with Crippen LogP contribution < -0.4 is 4.90 Å². The molecule has 1 aromatic carbocycles. The van der Waals surface area contributed by atoms with Crippen LogP contribution in [0.15, 0.2) is 18.2 Å². The highest BCUT2D eigenvalue weighted by Crippen LogP contribution is 2.39. The van der Waals surface area contributed by atoms with Crippen LogP contribution in [0.1, 0.15) is 5.56 Å². The number of anilines is 1. The molecule has 1 aromatic heterocycles. The second-order valence-electron chi connectivity index (χ2n) is 5.05. The Labute approximate surface area is 138 Å². The van der Waals surface area contributed by atoms with Crippen molar-refractivity contribution in [3.05, 3.63) is 23.8 Å². The van der Waals surface area contributed by atoms with Gasteiger partial charge in [-0.3, -0.25) is 0 Å². The molecule has 0 fully saturated rings. The fourth-order valence-electron chi connectivity index (χ4n) is 2.11. The molecule has 0 atom stereocenters. The smallest absolute Gasteiger partial charge is 0.353 e. The van der Waals surface area contributed by atoms with Gasteiger partial charge in [0, 0.05) is 11.3 Å². The zero-order valence-electron chi connectivity index (χ0n) is 12.3. The molecule has 5 nitrogen and oxygen atoms in total. The van der Waals surface area contributed by atoms with Gasteiger partial charge < -0.3 is 4.90 Å². The van der Waals surface area contributed by atoms with Gasteiger partial charge in [-0.15, -0.1) is 10.2 Å². The Hall–Kier alpha value is -2.54. The first-order chi connectivity index (χ1) is 11.8. The van der Waals surface area contributed by atoms with Crippen LogP contribution in [0.5, 0.6) is 0 Å². The molecule has 1 N–H and O–H groups in total. The van der Waals surface area contributed by atoms with Crippen LogP contribution in [0.2, 0.25) is 0 Å². The van der Waals surface area contributed by atoms with Gasteiger partial charge in [-0.25, -0.2) is 0 Å². The van der Waals surface area contributed by atoms with Gasteiger partial charge in [-0.1, -0.05) is 0 Å². The predicted octanol–water partition coefficient (Wildman–Crippen LogP) is 3.82. The van der Waals surface area contributed by atoms with Crippen LogP contribution in [0, 0.1) is 0 Å². The van der Waals surface area contributed by atoms with Crippen molar-refractivity contribution in [1.29, 1.82) is 0 Å². The molecule has 0 bridgehead atoms. The van der Waals surface area contributed by atoms with Crippen molar-refractivity contribution in [3.63, 3.8) is 0 Å². The lowest BCUT2D eigenvalue weighted by atomic mass is 10.0. The summed E-state index contributed by atoms with van der Waals surface area (Å²) in [5.41, 5.74) is -3.04. The van der Waals surface area contributed by atoms with E-state index in [0.717, 1.165) is 0 Å². The third-order valence-corrected chi connectivity index (χ3v) is 3.00. The Morgan fingerprint density at radius 2 is 1.46 bits per heavy atom. The molecule has 0 saturated carbocycles. The lowest BCUT2D eigenvalue weighted by Gasteiger charge is -2.28. The second-order valence-corrected chi connectivity index (χ2v) is 5.05. The van der Waals surface area contributed by atoms with Gasteiger partial charge in [-0.05, 0) is 23.4 Å². The van der Waals surface area contributed by atoms with Crippen LogP contribution in [-0.4, -0.2) is 46.1 Å². The number of tetrazole rings is 1. The third-order valence-electron chi connectivity index (χ3n) is 3.00. The molecule has 0 amide bonds. The highest BCUT2D eigenvalue weighted by Gasteiger charge is 2.40. The molecule has 0 aliphatic carbocycles. The summed E-state index contributed by atoms with van der Waals surface area (Å²) in [5.74, 6) is -0.512. The molecule has 0 unspecified atom stereocenters. The Balaban J connectivity index is 2.52. The standard InChI is InChI=1S/C12H8F9N5/c13-10(14,15)4-26(5-11(16,17)18)6-1-2-7(9-22-24-25-23-9)8(3-6)12(19,20)21/h1-3H,4-5H2,(H,22,23,24,25). The van der Waals surface area contributed by atoms with Crippen molar-refractivity contribution >= 4 is 5.69 Å². The van der Waals surface area contributed by atoms with Crippen molar-refractivity contribution in [2.24, 2.45) is 0 Å². The first-order valence-electron chi connectivity index (χ1n) is 6.60. The van der Waals surface area contributed by atoms with Gasteiger partial charge in [0.15, 0.2) is 0 Å². The number of alkyl halides is 9. The lowest BCUT2D eigenvalue weighted by Crippen LogP contribution is -2.40. The summed E-state index contributed by atoms with van der Waals surface area (Å²) < 4.78 is 115. The van der Waals surface area contributed by atoms with Gasteiger partial charge in [0.05, 0.1) is 5.56 Å². The number of hydrogen-bond acceptors (Lipinski definition) is 4. The maximum absolute atomic E-state index is 13.2. The zero-order chi connectivity index (χ0) is 19.8. The molecule has 0 saturated heterocycles. The number of rotatable bonds is 4. The molecule has 26 heavy (non-hydrogen) atoms. The van der Waals surface area contributed by atoms with Crippen molar-refractivity contribution < 1.29 is 39.5 Å². The average Bonchev–Trinajstić information content (AvgIpc) is 2.96. The first-order valence-corrected chi connectivity index (χ1v) is 6.60. The van der Waals surface area contributed by atoms with Crippen LogP contribution in [0.3, 0.4) is 0 Å². The van der Waals surface area contributed by atoms with E-state index in [4.69, 9.17) is 0 Å². The Kier molecular flexibility index (Phi) is 5.05.